The minimum atomic E-state index is 0. The smallest absolute Gasteiger partial charge is 0.257 e. The van der Waals surface area contributed by atoms with Crippen LogP contribution in [-0.2, 0) is 4.74 Å². The lowest BCUT2D eigenvalue weighted by Gasteiger charge is -1.98. The van der Waals surface area contributed by atoms with E-state index in [2.05, 4.69) is 10.1 Å². The molecule has 2 N–H and O–H groups in total. The molecule has 0 bridgehead atoms. The first-order valence-corrected chi connectivity index (χ1v) is 5.60. The number of ether oxygens (including phenoxy) is 1. The van der Waals surface area contributed by atoms with Crippen LogP contribution in [0.15, 0.2) is 28.8 Å². The number of nitrogens with zero attached hydrogens (tertiary/aromatic N) is 2. The molecular formula is C12H14ClN3O2. The van der Waals surface area contributed by atoms with Gasteiger partial charge in [-0.3, -0.25) is 0 Å². The summed E-state index contributed by atoms with van der Waals surface area (Å²) in [4.78, 5) is 4.39. The predicted molar refractivity (Wildman–Crippen MR) is 69.6 cm³/mol. The third kappa shape index (κ3) is 2.47. The summed E-state index contributed by atoms with van der Waals surface area (Å²) in [6, 6.07) is 7.38. The van der Waals surface area contributed by atoms with E-state index in [1.54, 1.807) is 0 Å². The summed E-state index contributed by atoms with van der Waals surface area (Å²) in [5, 5.41) is 4.00. The van der Waals surface area contributed by atoms with Crippen molar-refractivity contribution in [1.82, 2.24) is 10.1 Å². The van der Waals surface area contributed by atoms with Crippen LogP contribution in [0.4, 0.5) is 5.69 Å². The van der Waals surface area contributed by atoms with Crippen LogP contribution in [-0.4, -0.2) is 23.4 Å². The topological polar surface area (TPSA) is 74.2 Å². The number of aromatic nitrogens is 2. The van der Waals surface area contributed by atoms with E-state index < -0.39 is 0 Å². The van der Waals surface area contributed by atoms with Crippen molar-refractivity contribution >= 4 is 18.1 Å². The normalized spacial score (nSPS) is 18.6. The van der Waals surface area contributed by atoms with Crippen molar-refractivity contribution < 1.29 is 9.26 Å². The van der Waals surface area contributed by atoms with Crippen LogP contribution in [0.25, 0.3) is 11.5 Å². The molecule has 1 saturated heterocycles. The van der Waals surface area contributed by atoms with E-state index in [-0.39, 0.29) is 18.3 Å². The van der Waals surface area contributed by atoms with Crippen molar-refractivity contribution in [2.45, 2.75) is 12.3 Å². The van der Waals surface area contributed by atoms with Gasteiger partial charge in [-0.25, -0.2) is 0 Å². The molecule has 18 heavy (non-hydrogen) atoms. The first kappa shape index (κ1) is 12.9. The molecule has 1 aromatic carbocycles. The van der Waals surface area contributed by atoms with E-state index in [9.17, 15) is 0 Å². The van der Waals surface area contributed by atoms with Gasteiger partial charge in [0.05, 0.1) is 6.61 Å². The number of hydrogen-bond acceptors (Lipinski definition) is 5. The Morgan fingerprint density at radius 3 is 2.67 bits per heavy atom. The molecule has 1 aliphatic rings. The van der Waals surface area contributed by atoms with Crippen LogP contribution in [0.1, 0.15) is 18.2 Å². The molecule has 0 saturated carbocycles. The molecule has 1 atom stereocenters. The summed E-state index contributed by atoms with van der Waals surface area (Å²) in [7, 11) is 0. The van der Waals surface area contributed by atoms with Crippen molar-refractivity contribution in [3.63, 3.8) is 0 Å². The zero-order valence-electron chi connectivity index (χ0n) is 9.70. The van der Waals surface area contributed by atoms with Gasteiger partial charge in [-0.2, -0.15) is 4.98 Å². The second kappa shape index (κ2) is 5.37. The highest BCUT2D eigenvalue weighted by Gasteiger charge is 2.23. The number of rotatable bonds is 2. The first-order chi connectivity index (χ1) is 8.33. The molecule has 2 aromatic rings. The lowest BCUT2D eigenvalue weighted by molar-refractivity contribution is 0.192. The van der Waals surface area contributed by atoms with E-state index in [4.69, 9.17) is 15.0 Å². The molecule has 0 spiro atoms. The van der Waals surface area contributed by atoms with Crippen LogP contribution in [0, 0.1) is 0 Å². The maximum Gasteiger partial charge on any atom is 0.257 e. The van der Waals surface area contributed by atoms with Gasteiger partial charge in [0.25, 0.3) is 5.89 Å². The highest BCUT2D eigenvalue weighted by atomic mass is 35.5. The average molecular weight is 268 g/mol. The number of halogens is 1. The van der Waals surface area contributed by atoms with Crippen LogP contribution in [0.2, 0.25) is 0 Å². The molecule has 5 nitrogen and oxygen atoms in total. The largest absolute Gasteiger partial charge is 0.399 e. The van der Waals surface area contributed by atoms with Crippen LogP contribution < -0.4 is 5.73 Å². The van der Waals surface area contributed by atoms with E-state index >= 15 is 0 Å². The molecule has 1 fully saturated rings. The molecule has 1 aromatic heterocycles. The van der Waals surface area contributed by atoms with Crippen LogP contribution in [0.3, 0.4) is 0 Å². The van der Waals surface area contributed by atoms with Gasteiger partial charge in [-0.05, 0) is 30.7 Å². The summed E-state index contributed by atoms with van der Waals surface area (Å²) in [5.41, 5.74) is 7.23. The molecule has 6 heteroatoms. The van der Waals surface area contributed by atoms with Crippen molar-refractivity contribution in [3.8, 4) is 11.5 Å². The van der Waals surface area contributed by atoms with Gasteiger partial charge in [-0.15, -0.1) is 12.4 Å². The maximum atomic E-state index is 5.63. The Labute approximate surface area is 111 Å². The Morgan fingerprint density at radius 1 is 1.22 bits per heavy atom. The Kier molecular flexibility index (Phi) is 3.84. The SMILES string of the molecule is Cl.Nc1ccc(-c2nc(C3CCOC3)no2)cc1. The monoisotopic (exact) mass is 267 g/mol. The summed E-state index contributed by atoms with van der Waals surface area (Å²) in [6.45, 7) is 1.46. The number of anilines is 1. The molecule has 0 aliphatic carbocycles. The Balaban J connectivity index is 0.00000120. The van der Waals surface area contributed by atoms with Gasteiger partial charge in [0, 0.05) is 23.8 Å². The summed E-state index contributed by atoms with van der Waals surface area (Å²) >= 11 is 0. The average Bonchev–Trinajstić information content (AvgIpc) is 3.00. The standard InChI is InChI=1S/C12H13N3O2.ClH/c13-10-3-1-8(2-4-10)12-14-11(15-17-12)9-5-6-16-7-9;/h1-4,9H,5-7,13H2;1H. The van der Waals surface area contributed by atoms with Gasteiger partial charge in [-0.1, -0.05) is 5.16 Å². The predicted octanol–water partition coefficient (Wildman–Crippen LogP) is 2.24. The van der Waals surface area contributed by atoms with Gasteiger partial charge in [0.15, 0.2) is 5.82 Å². The van der Waals surface area contributed by atoms with Gasteiger partial charge in [0.2, 0.25) is 0 Å². The fourth-order valence-electron chi connectivity index (χ4n) is 1.88. The van der Waals surface area contributed by atoms with E-state index in [1.807, 2.05) is 24.3 Å². The van der Waals surface area contributed by atoms with E-state index in [0.29, 0.717) is 12.5 Å². The molecule has 0 radical (unpaired) electrons. The summed E-state index contributed by atoms with van der Waals surface area (Å²) < 4.78 is 10.5. The number of benzene rings is 1. The molecule has 1 aliphatic heterocycles. The summed E-state index contributed by atoms with van der Waals surface area (Å²) in [6.07, 6.45) is 0.959. The fourth-order valence-corrected chi connectivity index (χ4v) is 1.88. The maximum absolute atomic E-state index is 5.63. The number of hydrogen-bond donors (Lipinski definition) is 1. The molecule has 1 unspecified atom stereocenters. The summed E-state index contributed by atoms with van der Waals surface area (Å²) in [5.74, 6) is 1.53. The zero-order valence-corrected chi connectivity index (χ0v) is 10.5. The third-order valence-corrected chi connectivity index (χ3v) is 2.89. The molecule has 96 valence electrons. The molecular weight excluding hydrogens is 254 g/mol. The number of nitrogens with two attached hydrogens (primary N) is 1. The van der Waals surface area contributed by atoms with E-state index in [0.717, 1.165) is 30.1 Å². The van der Waals surface area contributed by atoms with Crippen molar-refractivity contribution in [1.29, 1.82) is 0 Å². The minimum absolute atomic E-state index is 0. The lowest BCUT2D eigenvalue weighted by atomic mass is 10.1. The van der Waals surface area contributed by atoms with Crippen LogP contribution >= 0.6 is 12.4 Å². The Morgan fingerprint density at radius 2 is 2.00 bits per heavy atom. The zero-order chi connectivity index (χ0) is 11.7. The molecule has 0 amide bonds. The highest BCUT2D eigenvalue weighted by Crippen LogP contribution is 2.25. The van der Waals surface area contributed by atoms with Crippen molar-refractivity contribution in [2.75, 3.05) is 18.9 Å². The van der Waals surface area contributed by atoms with Gasteiger partial charge in [0.1, 0.15) is 0 Å². The molecule has 2 heterocycles. The van der Waals surface area contributed by atoms with E-state index in [1.165, 1.54) is 0 Å². The highest BCUT2D eigenvalue weighted by molar-refractivity contribution is 5.85. The second-order valence-electron chi connectivity index (χ2n) is 4.14. The van der Waals surface area contributed by atoms with Crippen molar-refractivity contribution in [2.24, 2.45) is 0 Å². The van der Waals surface area contributed by atoms with Crippen LogP contribution in [0.5, 0.6) is 0 Å². The Bertz CT molecular complexity index is 506. The second-order valence-corrected chi connectivity index (χ2v) is 4.14. The quantitative estimate of drug-likeness (QED) is 0.845. The van der Waals surface area contributed by atoms with Gasteiger partial charge >= 0.3 is 0 Å². The first-order valence-electron chi connectivity index (χ1n) is 5.60. The van der Waals surface area contributed by atoms with Gasteiger partial charge < -0.3 is 15.0 Å². The van der Waals surface area contributed by atoms with Crippen molar-refractivity contribution in [3.05, 3.63) is 30.1 Å². The molecule has 3 rings (SSSR count). The Hall–Kier alpha value is -1.59. The lowest BCUT2D eigenvalue weighted by Crippen LogP contribution is -1.99. The minimum Gasteiger partial charge on any atom is -0.399 e. The third-order valence-electron chi connectivity index (χ3n) is 2.89. The number of nitrogen functional groups attached to an aromatic ring is 1. The fraction of sp³-hybridized carbons (Fsp3) is 0.333.